The summed E-state index contributed by atoms with van der Waals surface area (Å²) in [6.45, 7) is 3.07. The van der Waals surface area contributed by atoms with E-state index in [0.717, 1.165) is 37.1 Å². The summed E-state index contributed by atoms with van der Waals surface area (Å²) >= 11 is 1.57. The van der Waals surface area contributed by atoms with Crippen LogP contribution in [0.5, 0.6) is 0 Å². The van der Waals surface area contributed by atoms with Gasteiger partial charge in [0.2, 0.25) is 11.8 Å². The van der Waals surface area contributed by atoms with Crippen LogP contribution in [0.25, 0.3) is 0 Å². The van der Waals surface area contributed by atoms with E-state index in [1.54, 1.807) is 35.7 Å². The van der Waals surface area contributed by atoms with Crippen molar-refractivity contribution in [3.63, 3.8) is 0 Å². The summed E-state index contributed by atoms with van der Waals surface area (Å²) in [7, 11) is 1.96. The maximum absolute atomic E-state index is 12.9. The first-order chi connectivity index (χ1) is 14.2. The van der Waals surface area contributed by atoms with E-state index >= 15 is 0 Å². The smallest absolute Gasteiger partial charge is 0.354 e. The highest BCUT2D eigenvalue weighted by Crippen LogP contribution is 2.36. The third kappa shape index (κ3) is 5.11. The Bertz CT molecular complexity index is 757. The molecular formula is C21H28F3N3O2S. The molecule has 2 aliphatic heterocycles. The van der Waals surface area contributed by atoms with Crippen LogP contribution in [0, 0.1) is 5.92 Å². The first-order valence-corrected chi connectivity index (χ1v) is 11.4. The zero-order valence-corrected chi connectivity index (χ0v) is 18.1. The molecule has 1 aromatic carbocycles. The van der Waals surface area contributed by atoms with Crippen LogP contribution in [-0.2, 0) is 15.8 Å². The molecule has 1 N–H and O–H groups in total. The van der Waals surface area contributed by atoms with Crippen LogP contribution in [0.1, 0.15) is 43.4 Å². The zero-order valence-electron chi connectivity index (χ0n) is 17.2. The second-order valence-corrected chi connectivity index (χ2v) is 8.93. The lowest BCUT2D eigenvalue weighted by atomic mass is 9.84. The Morgan fingerprint density at radius 1 is 1.23 bits per heavy atom. The summed E-state index contributed by atoms with van der Waals surface area (Å²) in [6, 6.07) is 4.81. The predicted molar refractivity (Wildman–Crippen MR) is 111 cm³/mol. The minimum absolute atomic E-state index is 0.0276. The third-order valence-electron chi connectivity index (χ3n) is 5.93. The van der Waals surface area contributed by atoms with Crippen molar-refractivity contribution in [2.45, 2.75) is 44.4 Å². The molecule has 2 fully saturated rings. The molecule has 30 heavy (non-hydrogen) atoms. The summed E-state index contributed by atoms with van der Waals surface area (Å²) < 4.78 is 38.7. The van der Waals surface area contributed by atoms with Crippen molar-refractivity contribution in [2.24, 2.45) is 5.92 Å². The van der Waals surface area contributed by atoms with Gasteiger partial charge in [-0.2, -0.15) is 13.2 Å². The summed E-state index contributed by atoms with van der Waals surface area (Å²) in [4.78, 5) is 28.6. The van der Waals surface area contributed by atoms with E-state index < -0.39 is 17.8 Å². The maximum Gasteiger partial charge on any atom is 0.416 e. The molecule has 2 saturated heterocycles. The predicted octanol–water partition coefficient (Wildman–Crippen LogP) is 3.52. The van der Waals surface area contributed by atoms with Crippen molar-refractivity contribution in [2.75, 3.05) is 31.8 Å². The van der Waals surface area contributed by atoms with Gasteiger partial charge in [0, 0.05) is 24.8 Å². The van der Waals surface area contributed by atoms with Crippen molar-refractivity contribution in [3.8, 4) is 0 Å². The highest BCUT2D eigenvalue weighted by molar-refractivity contribution is 7.99. The molecule has 166 valence electrons. The Hall–Kier alpha value is -1.74. The molecule has 1 aromatic rings. The fraction of sp³-hybridized carbons (Fsp3) is 0.619. The van der Waals surface area contributed by atoms with Gasteiger partial charge < -0.3 is 10.2 Å². The standard InChI is InChI=1S/C21H28F3N3O2S/c1-3-18(28)27-13-30-12-17(27)20(29)25-11-15-5-4-10-26(2)19(15)14-6-8-16(9-7-14)21(22,23)24/h6-9,15,17,19H,3-5,10-13H2,1-2H3,(H,25,29). The lowest BCUT2D eigenvalue weighted by Crippen LogP contribution is -2.49. The lowest BCUT2D eigenvalue weighted by molar-refractivity contribution is -0.137. The number of hydrogen-bond acceptors (Lipinski definition) is 4. The molecule has 2 heterocycles. The van der Waals surface area contributed by atoms with Crippen molar-refractivity contribution in [3.05, 3.63) is 35.4 Å². The molecule has 2 amide bonds. The van der Waals surface area contributed by atoms with Crippen molar-refractivity contribution in [1.29, 1.82) is 0 Å². The molecule has 0 saturated carbocycles. The van der Waals surface area contributed by atoms with E-state index in [9.17, 15) is 22.8 Å². The minimum Gasteiger partial charge on any atom is -0.354 e. The second kappa shape index (κ2) is 9.60. The highest BCUT2D eigenvalue weighted by Gasteiger charge is 2.36. The first kappa shape index (κ1) is 22.9. The van der Waals surface area contributed by atoms with Crippen molar-refractivity contribution in [1.82, 2.24) is 15.1 Å². The van der Waals surface area contributed by atoms with Crippen LogP contribution < -0.4 is 5.32 Å². The van der Waals surface area contributed by atoms with E-state index in [-0.39, 0.29) is 23.8 Å². The molecule has 0 spiro atoms. The van der Waals surface area contributed by atoms with E-state index in [0.29, 0.717) is 24.6 Å². The normalized spacial score (nSPS) is 25.4. The van der Waals surface area contributed by atoms with Crippen LogP contribution in [0.15, 0.2) is 24.3 Å². The number of amides is 2. The molecule has 0 radical (unpaired) electrons. The number of alkyl halides is 3. The van der Waals surface area contributed by atoms with Gasteiger partial charge in [0.1, 0.15) is 6.04 Å². The van der Waals surface area contributed by atoms with Crippen LogP contribution in [-0.4, -0.2) is 59.4 Å². The molecule has 5 nitrogen and oxygen atoms in total. The van der Waals surface area contributed by atoms with Gasteiger partial charge in [-0.15, -0.1) is 11.8 Å². The average molecular weight is 444 g/mol. The third-order valence-corrected chi connectivity index (χ3v) is 6.95. The molecule has 3 unspecified atom stereocenters. The molecular weight excluding hydrogens is 415 g/mol. The maximum atomic E-state index is 12.9. The minimum atomic E-state index is -4.36. The Kier molecular flexibility index (Phi) is 7.34. The number of hydrogen-bond donors (Lipinski definition) is 1. The number of likely N-dealkylation sites (tertiary alicyclic amines) is 1. The number of carbonyl (C=O) groups excluding carboxylic acids is 2. The van der Waals surface area contributed by atoms with Crippen LogP contribution >= 0.6 is 11.8 Å². The SMILES string of the molecule is CCC(=O)N1CSCC1C(=O)NCC1CCCN(C)C1c1ccc(C(F)(F)F)cc1. The first-order valence-electron chi connectivity index (χ1n) is 10.2. The quantitative estimate of drug-likeness (QED) is 0.757. The van der Waals surface area contributed by atoms with E-state index in [1.165, 1.54) is 0 Å². The number of halogens is 3. The fourth-order valence-electron chi connectivity index (χ4n) is 4.33. The zero-order chi connectivity index (χ0) is 21.9. The number of carbonyl (C=O) groups is 2. The Morgan fingerprint density at radius 3 is 2.57 bits per heavy atom. The molecule has 9 heteroatoms. The van der Waals surface area contributed by atoms with Gasteiger partial charge in [-0.3, -0.25) is 14.5 Å². The summed E-state index contributed by atoms with van der Waals surface area (Å²) in [5, 5.41) is 3.01. The Balaban J connectivity index is 1.68. The van der Waals surface area contributed by atoms with Crippen LogP contribution in [0.3, 0.4) is 0 Å². The molecule has 3 atom stereocenters. The summed E-state index contributed by atoms with van der Waals surface area (Å²) in [5.74, 6) is 1.03. The Labute approximate surface area is 179 Å². The molecule has 3 rings (SSSR count). The van der Waals surface area contributed by atoms with Crippen molar-refractivity contribution >= 4 is 23.6 Å². The van der Waals surface area contributed by atoms with Crippen molar-refractivity contribution < 1.29 is 22.8 Å². The highest BCUT2D eigenvalue weighted by atomic mass is 32.2. The number of piperidine rings is 1. The summed E-state index contributed by atoms with van der Waals surface area (Å²) in [5.41, 5.74) is 0.164. The van der Waals surface area contributed by atoms with Gasteiger partial charge >= 0.3 is 6.18 Å². The lowest BCUT2D eigenvalue weighted by Gasteiger charge is -2.40. The second-order valence-electron chi connectivity index (χ2n) is 7.93. The molecule has 2 aliphatic rings. The summed E-state index contributed by atoms with van der Waals surface area (Å²) in [6.07, 6.45) is -2.14. The topological polar surface area (TPSA) is 52.7 Å². The number of benzene rings is 1. The van der Waals surface area contributed by atoms with E-state index in [2.05, 4.69) is 10.2 Å². The van der Waals surface area contributed by atoms with Gasteiger partial charge in [-0.05, 0) is 50.0 Å². The number of nitrogens with zero attached hydrogens (tertiary/aromatic N) is 2. The number of nitrogens with one attached hydrogen (secondary N) is 1. The monoisotopic (exact) mass is 443 g/mol. The van der Waals surface area contributed by atoms with Gasteiger partial charge in [0.15, 0.2) is 0 Å². The van der Waals surface area contributed by atoms with Gasteiger partial charge in [0.05, 0.1) is 11.4 Å². The van der Waals surface area contributed by atoms with Gasteiger partial charge in [-0.1, -0.05) is 19.1 Å². The fourth-order valence-corrected chi connectivity index (χ4v) is 5.51. The van der Waals surface area contributed by atoms with Gasteiger partial charge in [0.25, 0.3) is 0 Å². The molecule has 0 aliphatic carbocycles. The Morgan fingerprint density at radius 2 is 1.93 bits per heavy atom. The van der Waals surface area contributed by atoms with E-state index in [1.807, 2.05) is 7.05 Å². The van der Waals surface area contributed by atoms with Crippen LogP contribution in [0.2, 0.25) is 0 Å². The molecule has 0 aromatic heterocycles. The van der Waals surface area contributed by atoms with Crippen LogP contribution in [0.4, 0.5) is 13.2 Å². The van der Waals surface area contributed by atoms with E-state index in [4.69, 9.17) is 0 Å². The number of thioether (sulfide) groups is 1. The number of rotatable bonds is 5. The molecule has 0 bridgehead atoms. The van der Waals surface area contributed by atoms with Gasteiger partial charge in [-0.25, -0.2) is 0 Å². The average Bonchev–Trinajstić information content (AvgIpc) is 3.21. The largest absolute Gasteiger partial charge is 0.416 e.